The Morgan fingerprint density at radius 3 is 2.20 bits per heavy atom. The van der Waals surface area contributed by atoms with E-state index in [9.17, 15) is 18.0 Å². The lowest BCUT2D eigenvalue weighted by Crippen LogP contribution is -2.43. The zero-order valence-corrected chi connectivity index (χ0v) is 25.4. The average Bonchev–Trinajstić information content (AvgIpc) is 3.52. The second-order valence-corrected chi connectivity index (χ2v) is 11.5. The zero-order valence-electron chi connectivity index (χ0n) is 24.6. The molecule has 0 atom stereocenters. The molecule has 1 saturated carbocycles. The van der Waals surface area contributed by atoms with E-state index in [1.54, 1.807) is 5.01 Å². The summed E-state index contributed by atoms with van der Waals surface area (Å²) in [4.78, 5) is 32.9. The number of carboxylic acid groups (broad SMARTS) is 1. The molecule has 2 aromatic carbocycles. The summed E-state index contributed by atoms with van der Waals surface area (Å²) in [6.45, 7) is 5.27. The van der Waals surface area contributed by atoms with Crippen molar-refractivity contribution in [1.29, 1.82) is 5.26 Å². The van der Waals surface area contributed by atoms with Crippen LogP contribution in [0, 0.1) is 11.3 Å². The second kappa shape index (κ2) is 15.0. The van der Waals surface area contributed by atoms with Crippen LogP contribution >= 0.6 is 11.6 Å². The Bertz CT molecular complexity index is 1460. The van der Waals surface area contributed by atoms with Crippen molar-refractivity contribution in [3.05, 3.63) is 88.3 Å². The van der Waals surface area contributed by atoms with Crippen LogP contribution in [-0.2, 0) is 17.8 Å². The number of alkyl halides is 3. The van der Waals surface area contributed by atoms with Gasteiger partial charge in [-0.25, -0.2) is 14.8 Å². The fourth-order valence-corrected chi connectivity index (χ4v) is 4.83. The lowest BCUT2D eigenvalue weighted by molar-refractivity contribution is -0.192. The van der Waals surface area contributed by atoms with Crippen LogP contribution in [-0.4, -0.2) is 61.7 Å². The maximum atomic E-state index is 13.6. The van der Waals surface area contributed by atoms with Gasteiger partial charge >= 0.3 is 12.1 Å². The molecule has 1 aliphatic rings. The van der Waals surface area contributed by atoms with E-state index in [4.69, 9.17) is 26.8 Å². The molecule has 1 heterocycles. The molecule has 4 rings (SSSR count). The van der Waals surface area contributed by atoms with E-state index in [0.717, 1.165) is 44.2 Å². The van der Waals surface area contributed by atoms with Crippen LogP contribution in [0.15, 0.2) is 60.8 Å². The Morgan fingerprint density at radius 1 is 1.07 bits per heavy atom. The van der Waals surface area contributed by atoms with Crippen molar-refractivity contribution < 1.29 is 27.9 Å². The zero-order chi connectivity index (χ0) is 32.5. The van der Waals surface area contributed by atoms with Crippen LogP contribution in [0.5, 0.6) is 0 Å². The first kappa shape index (κ1) is 34.3. The highest BCUT2D eigenvalue weighted by Gasteiger charge is 2.38. The number of aromatic nitrogens is 2. The Morgan fingerprint density at radius 2 is 1.66 bits per heavy atom. The van der Waals surface area contributed by atoms with Crippen LogP contribution in [0.4, 0.5) is 19.0 Å². The maximum absolute atomic E-state index is 13.6. The molecule has 1 aromatic heterocycles. The van der Waals surface area contributed by atoms with E-state index in [1.165, 1.54) is 11.8 Å². The van der Waals surface area contributed by atoms with Crippen LogP contribution < -0.4 is 5.43 Å². The number of anilines is 1. The standard InChI is InChI=1S/C29H33ClN6O.C2HF3O2/c1-29(2,17-21-9-5-4-6-10-21)35(3)20-22-13-15-23(16-14-22)28(37)36(24-11-7-8-12-24)34-27-25(30)19-32-26(18-31)33-27;3-2(4,5)1(6)7/h4-6,9-10,13-16,19,24H,7-8,11-12,17,20H2,1-3H3,(H,32,33,34);(H,6,7). The summed E-state index contributed by atoms with van der Waals surface area (Å²) in [5.74, 6) is -2.65. The molecule has 234 valence electrons. The lowest BCUT2D eigenvalue weighted by Gasteiger charge is -2.36. The smallest absolute Gasteiger partial charge is 0.475 e. The van der Waals surface area contributed by atoms with Crippen LogP contribution in [0.1, 0.15) is 66.8 Å². The molecule has 0 aliphatic heterocycles. The topological polar surface area (TPSA) is 122 Å². The van der Waals surface area contributed by atoms with Gasteiger partial charge in [0, 0.05) is 17.6 Å². The fourth-order valence-electron chi connectivity index (χ4n) is 4.69. The SMILES string of the molecule is CN(Cc1ccc(C(=O)N(Nc2nc(C#N)ncc2Cl)C2CCCC2)cc1)C(C)(C)Cc1ccccc1.O=C(O)C(F)(F)F. The van der Waals surface area contributed by atoms with Crippen molar-refractivity contribution in [1.82, 2.24) is 19.9 Å². The molecule has 9 nitrogen and oxygen atoms in total. The number of hydrogen-bond donors (Lipinski definition) is 2. The van der Waals surface area contributed by atoms with Gasteiger partial charge in [-0.3, -0.25) is 15.1 Å². The van der Waals surface area contributed by atoms with E-state index in [1.807, 2.05) is 36.4 Å². The molecule has 0 spiro atoms. The number of hydrogen-bond acceptors (Lipinski definition) is 7. The number of carboxylic acids is 1. The van der Waals surface area contributed by atoms with Crippen LogP contribution in [0.25, 0.3) is 0 Å². The van der Waals surface area contributed by atoms with Crippen molar-refractivity contribution in [3.8, 4) is 6.07 Å². The quantitative estimate of drug-likeness (QED) is 0.257. The molecule has 0 bridgehead atoms. The summed E-state index contributed by atoms with van der Waals surface area (Å²) >= 11 is 6.27. The van der Waals surface area contributed by atoms with Gasteiger partial charge in [-0.1, -0.05) is 66.9 Å². The summed E-state index contributed by atoms with van der Waals surface area (Å²) in [6, 6.07) is 20.2. The number of benzene rings is 2. The Hall–Kier alpha value is -4.21. The monoisotopic (exact) mass is 630 g/mol. The molecule has 1 amide bonds. The summed E-state index contributed by atoms with van der Waals surface area (Å²) in [6.07, 6.45) is 1.14. The van der Waals surface area contributed by atoms with Gasteiger partial charge in [-0.15, -0.1) is 0 Å². The third-order valence-corrected chi connectivity index (χ3v) is 7.63. The Kier molecular flexibility index (Phi) is 11.7. The molecule has 13 heteroatoms. The van der Waals surface area contributed by atoms with Gasteiger partial charge < -0.3 is 5.11 Å². The van der Waals surface area contributed by atoms with Crippen molar-refractivity contribution in [3.63, 3.8) is 0 Å². The highest BCUT2D eigenvalue weighted by atomic mass is 35.5. The summed E-state index contributed by atoms with van der Waals surface area (Å²) in [7, 11) is 2.13. The number of likely N-dealkylation sites (N-methyl/N-ethyl adjacent to an activating group) is 1. The van der Waals surface area contributed by atoms with Crippen molar-refractivity contribution in [2.24, 2.45) is 0 Å². The van der Waals surface area contributed by atoms with Gasteiger partial charge in [0.05, 0.1) is 12.2 Å². The van der Waals surface area contributed by atoms with E-state index >= 15 is 0 Å². The lowest BCUT2D eigenvalue weighted by atomic mass is 9.93. The van der Waals surface area contributed by atoms with Gasteiger partial charge in [0.2, 0.25) is 5.82 Å². The number of halogens is 4. The largest absolute Gasteiger partial charge is 0.490 e. The van der Waals surface area contributed by atoms with E-state index in [0.29, 0.717) is 5.56 Å². The van der Waals surface area contributed by atoms with E-state index < -0.39 is 12.1 Å². The Balaban J connectivity index is 0.000000676. The number of aliphatic carboxylic acids is 1. The van der Waals surface area contributed by atoms with Gasteiger partial charge in [0.25, 0.3) is 5.91 Å². The first-order valence-corrected chi connectivity index (χ1v) is 14.3. The molecule has 1 aliphatic carbocycles. The number of carbonyl (C=O) groups excluding carboxylic acids is 1. The van der Waals surface area contributed by atoms with Gasteiger partial charge in [-0.2, -0.15) is 23.4 Å². The maximum Gasteiger partial charge on any atom is 0.490 e. The van der Waals surface area contributed by atoms with Crippen molar-refractivity contribution >= 4 is 29.3 Å². The Labute approximate surface area is 259 Å². The first-order chi connectivity index (χ1) is 20.7. The minimum absolute atomic E-state index is 0.00520. The number of nitrogens with zero attached hydrogens (tertiary/aromatic N) is 5. The van der Waals surface area contributed by atoms with E-state index in [2.05, 4.69) is 65.5 Å². The minimum Gasteiger partial charge on any atom is -0.475 e. The van der Waals surface area contributed by atoms with Crippen LogP contribution in [0.3, 0.4) is 0 Å². The van der Waals surface area contributed by atoms with Gasteiger partial charge in [0.15, 0.2) is 5.82 Å². The fraction of sp³-hybridized carbons (Fsp3) is 0.387. The van der Waals surface area contributed by atoms with Gasteiger partial charge in [-0.05, 0) is 63.4 Å². The molecule has 1 fully saturated rings. The van der Waals surface area contributed by atoms with Gasteiger partial charge in [0.1, 0.15) is 11.1 Å². The third kappa shape index (κ3) is 9.65. The molecule has 44 heavy (non-hydrogen) atoms. The van der Waals surface area contributed by atoms with Crippen molar-refractivity contribution in [2.75, 3.05) is 12.5 Å². The summed E-state index contributed by atoms with van der Waals surface area (Å²) in [5.41, 5.74) is 6.09. The predicted octanol–water partition coefficient (Wildman–Crippen LogP) is 6.50. The molecule has 2 N–H and O–H groups in total. The number of amides is 1. The van der Waals surface area contributed by atoms with E-state index in [-0.39, 0.29) is 34.2 Å². The van der Waals surface area contributed by atoms with Crippen LogP contribution in [0.2, 0.25) is 5.02 Å². The van der Waals surface area contributed by atoms with Crippen molar-refractivity contribution in [2.45, 2.75) is 70.3 Å². The molecular weight excluding hydrogens is 597 g/mol. The second-order valence-electron chi connectivity index (χ2n) is 11.1. The number of nitriles is 1. The average molecular weight is 631 g/mol. The molecule has 0 unspecified atom stereocenters. The predicted molar refractivity (Wildman–Crippen MR) is 160 cm³/mol. The highest BCUT2D eigenvalue weighted by Crippen LogP contribution is 2.28. The molecular formula is C31H34ClF3N6O3. The summed E-state index contributed by atoms with van der Waals surface area (Å²) < 4.78 is 31.7. The number of carbonyl (C=O) groups is 2. The normalized spacial score (nSPS) is 13.5. The number of nitrogens with one attached hydrogen (secondary N) is 1. The molecule has 0 saturated heterocycles. The summed E-state index contributed by atoms with van der Waals surface area (Å²) in [5, 5.41) is 18.2. The third-order valence-electron chi connectivity index (χ3n) is 7.36. The molecule has 3 aromatic rings. The minimum atomic E-state index is -5.08. The number of hydrazine groups is 1. The molecule has 0 radical (unpaired) electrons. The highest BCUT2D eigenvalue weighted by molar-refractivity contribution is 6.32. The number of rotatable bonds is 9. The first-order valence-electron chi connectivity index (χ1n) is 13.9.